The third-order valence-corrected chi connectivity index (χ3v) is 11.5. The van der Waals surface area contributed by atoms with Crippen molar-refractivity contribution in [3.8, 4) is 0 Å². The van der Waals surface area contributed by atoms with E-state index >= 15 is 4.39 Å². The molecule has 36 heavy (non-hydrogen) atoms. The third-order valence-electron chi connectivity index (χ3n) is 7.35. The van der Waals surface area contributed by atoms with Crippen LogP contribution < -0.4 is 15.8 Å². The number of halogens is 2. The summed E-state index contributed by atoms with van der Waals surface area (Å²) in [5.74, 6) is -0.690. The Labute approximate surface area is 215 Å². The zero-order chi connectivity index (χ0) is 26.0. The lowest BCUT2D eigenvalue weighted by molar-refractivity contribution is 0.102. The van der Waals surface area contributed by atoms with Crippen molar-refractivity contribution >= 4 is 45.3 Å². The van der Waals surface area contributed by atoms with Gasteiger partial charge in [0.2, 0.25) is 0 Å². The molecule has 1 saturated heterocycles. The number of anilines is 1. The summed E-state index contributed by atoms with van der Waals surface area (Å²) in [5.41, 5.74) is 6.54. The quantitative estimate of drug-likeness (QED) is 0.395. The summed E-state index contributed by atoms with van der Waals surface area (Å²) < 4.78 is 31.4. The van der Waals surface area contributed by atoms with E-state index in [0.717, 1.165) is 6.42 Å². The van der Waals surface area contributed by atoms with Crippen LogP contribution in [0.15, 0.2) is 35.5 Å². The molecule has 3 atom stereocenters. The van der Waals surface area contributed by atoms with Gasteiger partial charge in [0, 0.05) is 12.7 Å². The number of rotatable bonds is 3. The Hall–Kier alpha value is -2.73. The molecular formula is C24H29ClFN7O2S. The van der Waals surface area contributed by atoms with Gasteiger partial charge in [0.1, 0.15) is 34.4 Å². The van der Waals surface area contributed by atoms with E-state index < -0.39 is 37.8 Å². The fraction of sp³-hybridized carbons (Fsp3) is 0.417. The number of carbonyl (C=O) groups excluding carboxylic acids is 1. The molecule has 5 rings (SSSR count). The monoisotopic (exact) mass is 533 g/mol. The summed E-state index contributed by atoms with van der Waals surface area (Å²) in [6.07, 6.45) is 3.12. The number of carbonyl (C=O) groups is 1. The number of aromatic nitrogens is 3. The van der Waals surface area contributed by atoms with Gasteiger partial charge in [-0.05, 0) is 64.8 Å². The second-order valence-electron chi connectivity index (χ2n) is 9.91. The lowest BCUT2D eigenvalue weighted by Crippen LogP contribution is -2.62. The number of nitrogens with zero attached hydrogens (tertiary/aromatic N) is 4. The number of aliphatic imine (C=N–C) groups is 1. The zero-order valence-corrected chi connectivity index (χ0v) is 22.0. The molecule has 0 radical (unpaired) electrons. The van der Waals surface area contributed by atoms with Crippen molar-refractivity contribution < 1.29 is 13.7 Å². The normalized spacial score (nSPS) is 27.4. The van der Waals surface area contributed by atoms with Crippen LogP contribution in [0.25, 0.3) is 5.65 Å². The Morgan fingerprint density at radius 2 is 2.06 bits per heavy atom. The summed E-state index contributed by atoms with van der Waals surface area (Å²) in [4.78, 5) is 26.7. The molecule has 1 fully saturated rings. The molecule has 0 unspecified atom stereocenters. The Bertz CT molecular complexity index is 1430. The minimum absolute atomic E-state index is 0.0249. The number of nitrogens with one attached hydrogen (secondary N) is 2. The number of amidine groups is 1. The molecular weight excluding hydrogens is 505 g/mol. The van der Waals surface area contributed by atoms with Crippen molar-refractivity contribution in [2.75, 3.05) is 11.9 Å². The van der Waals surface area contributed by atoms with Crippen LogP contribution in [-0.2, 0) is 5.54 Å². The maximum absolute atomic E-state index is 15.3. The molecule has 5 heterocycles. The van der Waals surface area contributed by atoms with E-state index in [4.69, 9.17) is 22.3 Å². The van der Waals surface area contributed by atoms with Crippen LogP contribution >= 0.6 is 22.1 Å². The summed E-state index contributed by atoms with van der Waals surface area (Å²) in [5, 5.41) is 2.83. The lowest BCUT2D eigenvalue weighted by Gasteiger charge is -2.61. The van der Waals surface area contributed by atoms with E-state index in [1.807, 2.05) is 13.8 Å². The van der Waals surface area contributed by atoms with Crippen molar-refractivity contribution in [3.63, 3.8) is 0 Å². The van der Waals surface area contributed by atoms with Crippen molar-refractivity contribution in [1.82, 2.24) is 19.1 Å². The highest BCUT2D eigenvalue weighted by Gasteiger charge is 2.60. The number of hydrogen-bond donors (Lipinski definition) is 4. The number of imidazole rings is 1. The number of aryl methyl sites for hydroxylation is 1. The first-order valence-corrected chi connectivity index (χ1v) is 13.7. The smallest absolute Gasteiger partial charge is 0.277 e. The van der Waals surface area contributed by atoms with Gasteiger partial charge < -0.3 is 20.0 Å². The molecule has 0 spiro atoms. The minimum Gasteiger partial charge on any atom is -0.386 e. The summed E-state index contributed by atoms with van der Waals surface area (Å²) in [7, 11) is -2.51. The fourth-order valence-electron chi connectivity index (χ4n) is 5.15. The third kappa shape index (κ3) is 3.60. The Morgan fingerprint density at radius 1 is 1.31 bits per heavy atom. The highest BCUT2D eigenvalue weighted by atomic mass is 35.5. The number of fused-ring (bicyclic) bond motifs is 2. The second-order valence-corrected chi connectivity index (χ2v) is 13.5. The van der Waals surface area contributed by atoms with Gasteiger partial charge >= 0.3 is 0 Å². The van der Waals surface area contributed by atoms with Gasteiger partial charge in [-0.15, -0.1) is 0 Å². The molecule has 3 aromatic rings. The molecule has 1 amide bonds. The standard InChI is InChI=1S/C24H29ClFN7O2S/c1-13-19(31-18-10-7-14(25)12-33(13)18)21(34)30-17-9-8-15(26)20(29-17)24(4)16-6-5-11-28-36(16,35)23(2,3)22(27)32-24/h7-10,12,16,28,35H,5-6,11H2,1-4H3,(H2,27,32)(H,29,30,34)/t16-,24-/m0/s1. The van der Waals surface area contributed by atoms with Crippen LogP contribution in [0.3, 0.4) is 0 Å². The summed E-state index contributed by atoms with van der Waals surface area (Å²) in [6.45, 7) is 7.87. The van der Waals surface area contributed by atoms with E-state index in [0.29, 0.717) is 29.3 Å². The average Bonchev–Trinajstić information content (AvgIpc) is 3.15. The first-order valence-electron chi connectivity index (χ1n) is 11.7. The predicted molar refractivity (Wildman–Crippen MR) is 141 cm³/mol. The molecule has 0 saturated carbocycles. The van der Waals surface area contributed by atoms with Crippen LogP contribution in [-0.4, -0.2) is 47.2 Å². The van der Waals surface area contributed by atoms with Gasteiger partial charge in [0.15, 0.2) is 5.69 Å². The van der Waals surface area contributed by atoms with Crippen LogP contribution in [0.4, 0.5) is 10.2 Å². The number of pyridine rings is 2. The maximum atomic E-state index is 15.3. The molecule has 12 heteroatoms. The molecule has 2 aliphatic rings. The van der Waals surface area contributed by atoms with E-state index in [-0.39, 0.29) is 23.0 Å². The molecule has 0 bridgehead atoms. The van der Waals surface area contributed by atoms with Crippen LogP contribution in [0, 0.1) is 12.7 Å². The number of amides is 1. The van der Waals surface area contributed by atoms with Gasteiger partial charge in [-0.1, -0.05) is 22.1 Å². The largest absolute Gasteiger partial charge is 0.386 e. The van der Waals surface area contributed by atoms with Gasteiger partial charge in [-0.2, -0.15) is 0 Å². The van der Waals surface area contributed by atoms with Gasteiger partial charge in [-0.25, -0.2) is 14.4 Å². The number of hydrogen-bond acceptors (Lipinski definition) is 7. The zero-order valence-electron chi connectivity index (χ0n) is 20.5. The van der Waals surface area contributed by atoms with E-state index in [2.05, 4.69) is 20.0 Å². The minimum atomic E-state index is -2.51. The molecule has 5 N–H and O–H groups in total. The molecule has 0 aromatic carbocycles. The second kappa shape index (κ2) is 8.41. The first-order chi connectivity index (χ1) is 16.9. The highest BCUT2D eigenvalue weighted by molar-refractivity contribution is 8.29. The van der Waals surface area contributed by atoms with Gasteiger partial charge in [-0.3, -0.25) is 14.5 Å². The molecule has 9 nitrogen and oxygen atoms in total. The van der Waals surface area contributed by atoms with E-state index in [1.165, 1.54) is 12.1 Å². The van der Waals surface area contributed by atoms with Crippen molar-refractivity contribution in [2.45, 2.75) is 56.1 Å². The van der Waals surface area contributed by atoms with Crippen molar-refractivity contribution in [2.24, 2.45) is 10.7 Å². The molecule has 2 aliphatic heterocycles. The Kier molecular flexibility index (Phi) is 5.82. The topological polar surface area (TPSA) is 130 Å². The van der Waals surface area contributed by atoms with Crippen LogP contribution in [0.1, 0.15) is 55.5 Å². The van der Waals surface area contributed by atoms with Crippen molar-refractivity contribution in [3.05, 3.63) is 58.4 Å². The SMILES string of the molecule is Cc1c(C(=O)Nc2ccc(F)c([C@@]3(C)N=C(N)C(C)(C)[S@]4(O)NCCC[C@@H]34)n2)nc2ccc(Cl)cn12. The van der Waals surface area contributed by atoms with Gasteiger partial charge in [0.05, 0.1) is 20.7 Å². The predicted octanol–water partition coefficient (Wildman–Crippen LogP) is 4.39. The maximum Gasteiger partial charge on any atom is 0.277 e. The molecule has 3 aromatic heterocycles. The fourth-order valence-corrected chi connectivity index (χ4v) is 8.74. The van der Waals surface area contributed by atoms with Crippen molar-refractivity contribution in [1.29, 1.82) is 0 Å². The number of nitrogens with two attached hydrogens (primary N) is 1. The Morgan fingerprint density at radius 3 is 2.81 bits per heavy atom. The van der Waals surface area contributed by atoms with Crippen LogP contribution in [0.2, 0.25) is 5.02 Å². The highest BCUT2D eigenvalue weighted by Crippen LogP contribution is 2.66. The van der Waals surface area contributed by atoms with Crippen LogP contribution in [0.5, 0.6) is 0 Å². The van der Waals surface area contributed by atoms with E-state index in [1.54, 1.807) is 36.6 Å². The lowest BCUT2D eigenvalue weighted by atomic mass is 9.89. The summed E-state index contributed by atoms with van der Waals surface area (Å²) >= 11 is 6.08. The Balaban J connectivity index is 1.54. The average molecular weight is 534 g/mol. The first kappa shape index (κ1) is 24.9. The van der Waals surface area contributed by atoms with Gasteiger partial charge in [0.25, 0.3) is 5.91 Å². The van der Waals surface area contributed by atoms with E-state index in [9.17, 15) is 9.35 Å². The molecule has 0 aliphatic carbocycles. The molecule has 192 valence electrons. The summed E-state index contributed by atoms with van der Waals surface area (Å²) in [6, 6.07) is 6.05.